The Morgan fingerprint density at radius 1 is 1.41 bits per heavy atom. The van der Waals surface area contributed by atoms with Crippen molar-refractivity contribution >= 4 is 11.9 Å². The highest BCUT2D eigenvalue weighted by Crippen LogP contribution is 2.44. The Labute approximate surface area is 128 Å². The predicted molar refractivity (Wildman–Crippen MR) is 77.3 cm³/mol. The minimum atomic E-state index is -1.23. The first-order valence-corrected chi connectivity index (χ1v) is 7.51. The van der Waals surface area contributed by atoms with E-state index in [-0.39, 0.29) is 18.5 Å². The van der Waals surface area contributed by atoms with Crippen molar-refractivity contribution in [1.82, 2.24) is 9.80 Å². The standard InChI is InChI=1S/C16H19FN2O3/c1-3-4-8-13-19-15(21)18(2)14(20)16(19,10-22-13)11-6-5-7-12(17)9-11/h5-7,9,13H,3-4,8,10H2,1-2H3/t13-,16-/m1/s1. The van der Waals surface area contributed by atoms with Gasteiger partial charge in [0.1, 0.15) is 12.0 Å². The number of hydrogen-bond acceptors (Lipinski definition) is 3. The monoisotopic (exact) mass is 306 g/mol. The smallest absolute Gasteiger partial charge is 0.329 e. The lowest BCUT2D eigenvalue weighted by Crippen LogP contribution is -2.46. The van der Waals surface area contributed by atoms with Crippen molar-refractivity contribution in [1.29, 1.82) is 0 Å². The van der Waals surface area contributed by atoms with Crippen LogP contribution in [0.2, 0.25) is 0 Å². The van der Waals surface area contributed by atoms with E-state index in [0.717, 1.165) is 17.7 Å². The minimum Gasteiger partial charge on any atom is -0.355 e. The number of fused-ring (bicyclic) bond motifs is 1. The molecule has 0 N–H and O–H groups in total. The largest absolute Gasteiger partial charge is 0.355 e. The summed E-state index contributed by atoms with van der Waals surface area (Å²) in [5.41, 5.74) is -0.763. The molecule has 0 saturated carbocycles. The zero-order chi connectivity index (χ0) is 15.9. The molecule has 1 aromatic rings. The summed E-state index contributed by atoms with van der Waals surface area (Å²) in [4.78, 5) is 27.8. The Bertz CT molecular complexity index is 621. The number of ether oxygens (including phenoxy) is 1. The van der Waals surface area contributed by atoms with Crippen LogP contribution in [0.5, 0.6) is 0 Å². The van der Waals surface area contributed by atoms with Crippen molar-refractivity contribution in [2.24, 2.45) is 0 Å². The third-order valence-electron chi connectivity index (χ3n) is 4.44. The van der Waals surface area contributed by atoms with Gasteiger partial charge in [0.2, 0.25) is 0 Å². The maximum Gasteiger partial charge on any atom is 0.329 e. The molecule has 22 heavy (non-hydrogen) atoms. The van der Waals surface area contributed by atoms with Crippen LogP contribution in [0.25, 0.3) is 0 Å². The summed E-state index contributed by atoms with van der Waals surface area (Å²) in [6.07, 6.45) is 2.09. The molecule has 0 radical (unpaired) electrons. The Kier molecular flexibility index (Phi) is 3.64. The third kappa shape index (κ3) is 1.94. The van der Waals surface area contributed by atoms with Crippen LogP contribution in [-0.4, -0.2) is 41.6 Å². The van der Waals surface area contributed by atoms with E-state index in [9.17, 15) is 14.0 Å². The number of benzene rings is 1. The van der Waals surface area contributed by atoms with Crippen LogP contribution in [0.4, 0.5) is 9.18 Å². The van der Waals surface area contributed by atoms with E-state index in [0.29, 0.717) is 12.0 Å². The molecule has 6 heteroatoms. The van der Waals surface area contributed by atoms with E-state index in [1.54, 1.807) is 12.1 Å². The topological polar surface area (TPSA) is 49.9 Å². The van der Waals surface area contributed by atoms with Crippen molar-refractivity contribution in [3.8, 4) is 0 Å². The highest BCUT2D eigenvalue weighted by Gasteiger charge is 2.63. The van der Waals surface area contributed by atoms with Gasteiger partial charge in [0.15, 0.2) is 5.54 Å². The van der Waals surface area contributed by atoms with Gasteiger partial charge in [-0.3, -0.25) is 14.6 Å². The van der Waals surface area contributed by atoms with Gasteiger partial charge in [0, 0.05) is 7.05 Å². The van der Waals surface area contributed by atoms with Crippen molar-refractivity contribution in [2.45, 2.75) is 38.0 Å². The average Bonchev–Trinajstić information content (AvgIpc) is 2.98. The number of imide groups is 1. The Balaban J connectivity index is 2.06. The molecule has 118 valence electrons. The molecular formula is C16H19FN2O3. The van der Waals surface area contributed by atoms with Gasteiger partial charge >= 0.3 is 6.03 Å². The van der Waals surface area contributed by atoms with Crippen molar-refractivity contribution in [3.63, 3.8) is 0 Å². The van der Waals surface area contributed by atoms with Gasteiger partial charge in [-0.05, 0) is 30.5 Å². The van der Waals surface area contributed by atoms with Crippen LogP contribution >= 0.6 is 0 Å². The van der Waals surface area contributed by atoms with Gasteiger partial charge in [-0.25, -0.2) is 9.18 Å². The highest BCUT2D eigenvalue weighted by molar-refractivity contribution is 6.07. The summed E-state index contributed by atoms with van der Waals surface area (Å²) < 4.78 is 19.4. The van der Waals surface area contributed by atoms with Crippen LogP contribution in [0.3, 0.4) is 0 Å². The average molecular weight is 306 g/mol. The van der Waals surface area contributed by atoms with Gasteiger partial charge in [-0.1, -0.05) is 25.5 Å². The SMILES string of the molecule is CCCC[C@H]1OC[C@@]2(c3cccc(F)c3)C(=O)N(C)C(=O)N12. The number of nitrogens with zero attached hydrogens (tertiary/aromatic N) is 2. The van der Waals surface area contributed by atoms with E-state index in [1.807, 2.05) is 0 Å². The van der Waals surface area contributed by atoms with Gasteiger partial charge in [0.25, 0.3) is 5.91 Å². The fourth-order valence-electron chi connectivity index (χ4n) is 3.27. The van der Waals surface area contributed by atoms with E-state index in [4.69, 9.17) is 4.74 Å². The molecule has 0 aromatic heterocycles. The van der Waals surface area contributed by atoms with Gasteiger partial charge in [-0.2, -0.15) is 0 Å². The van der Waals surface area contributed by atoms with Crippen LogP contribution in [0, 0.1) is 5.82 Å². The summed E-state index contributed by atoms with van der Waals surface area (Å²) in [7, 11) is 1.46. The molecule has 2 saturated heterocycles. The Hall–Kier alpha value is -1.95. The number of carbonyl (C=O) groups is 2. The summed E-state index contributed by atoms with van der Waals surface area (Å²) in [6, 6.07) is 5.47. The molecule has 2 aliphatic heterocycles. The number of halogens is 1. The molecule has 0 bridgehead atoms. The molecule has 3 rings (SSSR count). The summed E-state index contributed by atoms with van der Waals surface area (Å²) in [5, 5.41) is 0. The number of carbonyl (C=O) groups excluding carboxylic acids is 2. The van der Waals surface area contributed by atoms with Gasteiger partial charge in [-0.15, -0.1) is 0 Å². The third-order valence-corrected chi connectivity index (χ3v) is 4.44. The molecule has 5 nitrogen and oxygen atoms in total. The van der Waals surface area contributed by atoms with Crippen LogP contribution in [0.1, 0.15) is 31.7 Å². The Morgan fingerprint density at radius 2 is 2.18 bits per heavy atom. The number of unbranched alkanes of at least 4 members (excludes halogenated alkanes) is 1. The lowest BCUT2D eigenvalue weighted by atomic mass is 9.89. The minimum absolute atomic E-state index is 0.0692. The van der Waals surface area contributed by atoms with E-state index in [2.05, 4.69) is 6.92 Å². The van der Waals surface area contributed by atoms with Gasteiger partial charge in [0.05, 0.1) is 6.61 Å². The van der Waals surface area contributed by atoms with Crippen molar-refractivity contribution in [3.05, 3.63) is 35.6 Å². The van der Waals surface area contributed by atoms with E-state index >= 15 is 0 Å². The molecule has 0 spiro atoms. The maximum atomic E-state index is 13.6. The van der Waals surface area contributed by atoms with Crippen molar-refractivity contribution < 1.29 is 18.7 Å². The first-order chi connectivity index (χ1) is 10.5. The first-order valence-electron chi connectivity index (χ1n) is 7.51. The highest BCUT2D eigenvalue weighted by atomic mass is 19.1. The second-order valence-corrected chi connectivity index (χ2v) is 5.80. The molecule has 0 aliphatic carbocycles. The van der Waals surface area contributed by atoms with E-state index < -0.39 is 17.6 Å². The zero-order valence-electron chi connectivity index (χ0n) is 12.7. The lowest BCUT2D eigenvalue weighted by Gasteiger charge is -2.29. The van der Waals surface area contributed by atoms with Crippen molar-refractivity contribution in [2.75, 3.05) is 13.7 Å². The second kappa shape index (κ2) is 5.35. The number of urea groups is 1. The fourth-order valence-corrected chi connectivity index (χ4v) is 3.27. The summed E-state index contributed by atoms with van der Waals surface area (Å²) in [5.74, 6) is -0.791. The molecule has 3 amide bonds. The number of likely N-dealkylation sites (N-methyl/N-ethyl adjacent to an activating group) is 1. The molecule has 1 aromatic carbocycles. The van der Waals surface area contributed by atoms with Crippen LogP contribution in [-0.2, 0) is 15.1 Å². The maximum absolute atomic E-state index is 13.6. The van der Waals surface area contributed by atoms with Gasteiger partial charge < -0.3 is 4.74 Å². The predicted octanol–water partition coefficient (Wildman–Crippen LogP) is 2.46. The molecular weight excluding hydrogens is 287 g/mol. The zero-order valence-corrected chi connectivity index (χ0v) is 12.7. The molecule has 2 heterocycles. The van der Waals surface area contributed by atoms with Crippen LogP contribution in [0.15, 0.2) is 24.3 Å². The normalized spacial score (nSPS) is 27.7. The number of rotatable bonds is 4. The first kappa shape index (κ1) is 15.0. The molecule has 2 atom stereocenters. The quantitative estimate of drug-likeness (QED) is 0.803. The van der Waals surface area contributed by atoms with E-state index in [1.165, 1.54) is 24.1 Å². The second-order valence-electron chi connectivity index (χ2n) is 5.80. The summed E-state index contributed by atoms with van der Waals surface area (Å²) >= 11 is 0. The summed E-state index contributed by atoms with van der Waals surface area (Å²) in [6.45, 7) is 2.12. The Morgan fingerprint density at radius 3 is 2.86 bits per heavy atom. The molecule has 2 fully saturated rings. The fraction of sp³-hybridized carbons (Fsp3) is 0.500. The molecule has 0 unspecified atom stereocenters. The number of hydrogen-bond donors (Lipinski definition) is 0. The molecule has 2 aliphatic rings. The lowest BCUT2D eigenvalue weighted by molar-refractivity contribution is -0.132. The van der Waals surface area contributed by atoms with Crippen LogP contribution < -0.4 is 0 Å². The number of amides is 3.